The third kappa shape index (κ3) is 7.89. The van der Waals surface area contributed by atoms with Gasteiger partial charge in [-0.3, -0.25) is 9.48 Å². The van der Waals surface area contributed by atoms with Crippen LogP contribution in [-0.2, 0) is 28.9 Å². The Bertz CT molecular complexity index is 1050. The molecule has 2 bridgehead atoms. The van der Waals surface area contributed by atoms with Gasteiger partial charge in [-0.05, 0) is 37.6 Å². The van der Waals surface area contributed by atoms with Crippen LogP contribution in [0.3, 0.4) is 0 Å². The Kier molecular flexibility index (Phi) is 9.49. The van der Waals surface area contributed by atoms with Crippen molar-refractivity contribution in [3.05, 3.63) is 41.7 Å². The molecule has 37 heavy (non-hydrogen) atoms. The summed E-state index contributed by atoms with van der Waals surface area (Å²) in [7, 11) is 1.55. The molecule has 0 saturated carbocycles. The van der Waals surface area contributed by atoms with E-state index >= 15 is 0 Å². The van der Waals surface area contributed by atoms with Gasteiger partial charge in [-0.25, -0.2) is 4.79 Å². The molecule has 1 aliphatic rings. The third-order valence-electron chi connectivity index (χ3n) is 6.31. The average Bonchev–Trinajstić information content (AvgIpc) is 3.31. The maximum absolute atomic E-state index is 12.9. The molecule has 0 aliphatic carbocycles. The largest absolute Gasteiger partial charge is 0.416 e. The first-order valence-electron chi connectivity index (χ1n) is 12.1. The lowest BCUT2D eigenvalue weighted by atomic mass is 10.0. The Morgan fingerprint density at radius 3 is 2.68 bits per heavy atom. The number of aromatic nitrogens is 3. The number of urea groups is 1. The molecule has 0 saturated heterocycles. The topological polar surface area (TPSA) is 113 Å². The van der Waals surface area contributed by atoms with Crippen LogP contribution in [0.4, 0.5) is 23.7 Å². The molecule has 1 aromatic carbocycles. The van der Waals surface area contributed by atoms with Crippen molar-refractivity contribution in [3.8, 4) is 0 Å². The van der Waals surface area contributed by atoms with Crippen molar-refractivity contribution in [3.63, 3.8) is 0 Å². The molecular weight excluding hydrogens is 493 g/mol. The van der Waals surface area contributed by atoms with Crippen LogP contribution in [0.25, 0.3) is 0 Å². The Hall–Kier alpha value is -3.19. The summed E-state index contributed by atoms with van der Waals surface area (Å²) in [6.07, 6.45) is -2.38. The van der Waals surface area contributed by atoms with Crippen LogP contribution in [0.5, 0.6) is 0 Å². The normalized spacial score (nSPS) is 20.4. The number of aliphatic hydroxyl groups is 1. The van der Waals surface area contributed by atoms with Crippen molar-refractivity contribution in [1.29, 1.82) is 0 Å². The zero-order chi connectivity index (χ0) is 27.2. The van der Waals surface area contributed by atoms with E-state index in [4.69, 9.17) is 4.74 Å². The minimum atomic E-state index is -4.46. The molecular formula is C24H33F3N6O4. The first-order chi connectivity index (χ1) is 17.5. The van der Waals surface area contributed by atoms with Crippen molar-refractivity contribution >= 4 is 17.6 Å². The van der Waals surface area contributed by atoms with Gasteiger partial charge in [-0.1, -0.05) is 12.1 Å². The minimum absolute atomic E-state index is 0.0971. The highest BCUT2D eigenvalue weighted by molar-refractivity contribution is 5.89. The maximum Gasteiger partial charge on any atom is 0.416 e. The van der Waals surface area contributed by atoms with Crippen LogP contribution in [0.1, 0.15) is 37.9 Å². The summed E-state index contributed by atoms with van der Waals surface area (Å²) < 4.78 is 46.2. The van der Waals surface area contributed by atoms with Crippen molar-refractivity contribution in [1.82, 2.24) is 24.8 Å². The number of aryl methyl sites for hydroxylation is 1. The first kappa shape index (κ1) is 28.4. The molecule has 0 radical (unpaired) electrons. The molecule has 0 fully saturated rings. The molecule has 2 heterocycles. The standard InChI is InChI=1S/C24H33F3N6O4/c1-16-11-33(17(2)14-34)22(35)5-4-10-32-12-20(29-30-32)15-37-21(16)13-31(3)23(36)28-19-8-6-18(7-9-19)24(25,26)27/h6-9,12,16-17,21,34H,4-5,10-11,13-15H2,1-3H3,(H,28,36)/t16-,17-,21+/m0/s1. The SMILES string of the molecule is C[C@H]1CN([C@@H](C)CO)C(=O)CCCn2cc(nn2)CO[C@@H]1CN(C)C(=O)Nc1ccc(C(F)(F)F)cc1. The Morgan fingerprint density at radius 2 is 2.03 bits per heavy atom. The number of nitrogens with one attached hydrogen (secondary N) is 1. The lowest BCUT2D eigenvalue weighted by Crippen LogP contribution is -2.48. The van der Waals surface area contributed by atoms with Crippen LogP contribution in [0, 0.1) is 5.92 Å². The first-order valence-corrected chi connectivity index (χ1v) is 12.1. The summed E-state index contributed by atoms with van der Waals surface area (Å²) in [4.78, 5) is 28.7. The van der Waals surface area contributed by atoms with E-state index in [1.807, 2.05) is 6.92 Å². The molecule has 0 unspecified atom stereocenters. The number of rotatable bonds is 5. The van der Waals surface area contributed by atoms with Gasteiger partial charge in [0.25, 0.3) is 0 Å². The molecule has 1 aliphatic heterocycles. The number of likely N-dealkylation sites (N-methyl/N-ethyl adjacent to an activating group) is 1. The van der Waals surface area contributed by atoms with Crippen LogP contribution in [0.2, 0.25) is 0 Å². The summed E-state index contributed by atoms with van der Waals surface area (Å²) in [6, 6.07) is 3.26. The number of benzene rings is 1. The Balaban J connectivity index is 1.73. The number of ether oxygens (including phenoxy) is 1. The number of alkyl halides is 3. The summed E-state index contributed by atoms with van der Waals surface area (Å²) >= 11 is 0. The molecule has 3 atom stereocenters. The van der Waals surface area contributed by atoms with Crippen LogP contribution in [-0.4, -0.2) is 80.7 Å². The average molecular weight is 527 g/mol. The van der Waals surface area contributed by atoms with E-state index in [9.17, 15) is 27.9 Å². The zero-order valence-electron chi connectivity index (χ0n) is 21.1. The number of halogens is 3. The van der Waals surface area contributed by atoms with Crippen molar-refractivity contribution in [2.75, 3.05) is 32.1 Å². The number of carbonyl (C=O) groups excluding carboxylic acids is 2. The summed E-state index contributed by atoms with van der Waals surface area (Å²) in [5.74, 6) is -0.324. The maximum atomic E-state index is 12.9. The number of nitrogens with zero attached hydrogens (tertiary/aromatic N) is 5. The highest BCUT2D eigenvalue weighted by Gasteiger charge is 2.31. The monoisotopic (exact) mass is 526 g/mol. The highest BCUT2D eigenvalue weighted by atomic mass is 19.4. The molecule has 0 spiro atoms. The summed E-state index contributed by atoms with van der Waals surface area (Å²) in [5.41, 5.74) is 0.0253. The Morgan fingerprint density at radius 1 is 1.32 bits per heavy atom. The van der Waals surface area contributed by atoms with E-state index in [0.717, 1.165) is 12.1 Å². The highest BCUT2D eigenvalue weighted by Crippen LogP contribution is 2.30. The van der Waals surface area contributed by atoms with E-state index in [1.54, 1.807) is 29.7 Å². The Labute approximate surface area is 213 Å². The van der Waals surface area contributed by atoms with E-state index in [2.05, 4.69) is 15.6 Å². The van der Waals surface area contributed by atoms with Crippen molar-refractivity contribution < 1.29 is 32.6 Å². The molecule has 10 nitrogen and oxygen atoms in total. The smallest absolute Gasteiger partial charge is 0.394 e. The fourth-order valence-electron chi connectivity index (χ4n) is 4.01. The number of carbonyl (C=O) groups is 2. The number of hydrogen-bond donors (Lipinski definition) is 2. The number of aliphatic hydroxyl groups excluding tert-OH is 1. The van der Waals surface area contributed by atoms with Gasteiger partial charge >= 0.3 is 12.2 Å². The fourth-order valence-corrected chi connectivity index (χ4v) is 4.01. The number of amides is 3. The fraction of sp³-hybridized carbons (Fsp3) is 0.583. The van der Waals surface area contributed by atoms with Crippen LogP contribution >= 0.6 is 0 Å². The second-order valence-corrected chi connectivity index (χ2v) is 9.37. The molecule has 3 rings (SSSR count). The third-order valence-corrected chi connectivity index (χ3v) is 6.31. The van der Waals surface area contributed by atoms with Gasteiger partial charge in [0.2, 0.25) is 5.91 Å². The second kappa shape index (κ2) is 12.4. The second-order valence-electron chi connectivity index (χ2n) is 9.37. The van der Waals surface area contributed by atoms with Gasteiger partial charge in [-0.2, -0.15) is 13.2 Å². The van der Waals surface area contributed by atoms with E-state index in [1.165, 1.54) is 17.0 Å². The predicted octanol–water partition coefficient (Wildman–Crippen LogP) is 2.99. The minimum Gasteiger partial charge on any atom is -0.394 e. The number of hydrogen-bond acceptors (Lipinski definition) is 6. The lowest BCUT2D eigenvalue weighted by Gasteiger charge is -2.35. The van der Waals surface area contributed by atoms with Crippen molar-refractivity contribution in [2.45, 2.75) is 58.2 Å². The zero-order valence-corrected chi connectivity index (χ0v) is 21.1. The summed E-state index contributed by atoms with van der Waals surface area (Å²) in [5, 5.41) is 20.4. The van der Waals surface area contributed by atoms with E-state index in [0.29, 0.717) is 25.2 Å². The molecule has 13 heteroatoms. The summed E-state index contributed by atoms with van der Waals surface area (Å²) in [6.45, 7) is 4.59. The van der Waals surface area contributed by atoms with Crippen LogP contribution in [0.15, 0.2) is 30.5 Å². The van der Waals surface area contributed by atoms with Gasteiger partial charge in [0.05, 0.1) is 37.1 Å². The number of fused-ring (bicyclic) bond motifs is 2. The van der Waals surface area contributed by atoms with Crippen molar-refractivity contribution in [2.24, 2.45) is 5.92 Å². The molecule has 204 valence electrons. The van der Waals surface area contributed by atoms with E-state index in [-0.39, 0.29) is 49.7 Å². The van der Waals surface area contributed by atoms with Gasteiger partial charge in [0, 0.05) is 44.7 Å². The van der Waals surface area contributed by atoms with Gasteiger partial charge < -0.3 is 25.0 Å². The van der Waals surface area contributed by atoms with Crippen LogP contribution < -0.4 is 5.32 Å². The van der Waals surface area contributed by atoms with E-state index < -0.39 is 23.9 Å². The molecule has 2 N–H and O–H groups in total. The lowest BCUT2D eigenvalue weighted by molar-refractivity contribution is -0.137. The van der Waals surface area contributed by atoms with Gasteiger partial charge in [0.1, 0.15) is 5.69 Å². The quantitative estimate of drug-likeness (QED) is 0.620. The molecule has 1 aromatic heterocycles. The predicted molar refractivity (Wildman–Crippen MR) is 128 cm³/mol. The van der Waals surface area contributed by atoms with Gasteiger partial charge in [-0.15, -0.1) is 5.10 Å². The molecule has 3 amide bonds. The molecule has 2 aromatic rings. The van der Waals surface area contributed by atoms with Gasteiger partial charge in [0.15, 0.2) is 0 Å². The number of anilines is 1.